The lowest BCUT2D eigenvalue weighted by Gasteiger charge is -2.25. The third-order valence-corrected chi connectivity index (χ3v) is 10.7. The fourth-order valence-electron chi connectivity index (χ4n) is 7.84. The summed E-state index contributed by atoms with van der Waals surface area (Å²) >= 11 is 0. The van der Waals surface area contributed by atoms with E-state index >= 15 is 0 Å². The number of rotatable bonds is 4. The van der Waals surface area contributed by atoms with Crippen molar-refractivity contribution in [1.82, 2.24) is 58.1 Å². The zero-order valence-corrected chi connectivity index (χ0v) is 29.4. The van der Waals surface area contributed by atoms with Crippen molar-refractivity contribution in [3.05, 3.63) is 102 Å². The quantitative estimate of drug-likeness (QED) is 0.153. The van der Waals surface area contributed by atoms with E-state index in [1.807, 2.05) is 0 Å². The summed E-state index contributed by atoms with van der Waals surface area (Å²) in [5.74, 6) is -0.572. The molecule has 0 spiro atoms. The second kappa shape index (κ2) is 13.6. The number of halogens is 2. The van der Waals surface area contributed by atoms with Crippen LogP contribution in [0.15, 0.2) is 68.2 Å². The molecule has 0 radical (unpaired) electrons. The van der Waals surface area contributed by atoms with Gasteiger partial charge in [-0.1, -0.05) is 0 Å². The Kier molecular flexibility index (Phi) is 8.57. The molecule has 2 fully saturated rings. The molecule has 0 amide bonds. The fourth-order valence-corrected chi connectivity index (χ4v) is 7.84. The minimum Gasteiger partial charge on any atom is -0.393 e. The molecule has 56 heavy (non-hydrogen) atoms. The normalized spacial score (nSPS) is 20.2. The van der Waals surface area contributed by atoms with Gasteiger partial charge in [-0.15, -0.1) is 0 Å². The van der Waals surface area contributed by atoms with Crippen LogP contribution in [0.25, 0.3) is 56.3 Å². The van der Waals surface area contributed by atoms with Crippen molar-refractivity contribution >= 4 is 44.4 Å². The molecule has 0 unspecified atom stereocenters. The van der Waals surface area contributed by atoms with Gasteiger partial charge in [0.25, 0.3) is 11.1 Å². The molecular weight excluding hydrogens is 734 g/mol. The van der Waals surface area contributed by atoms with E-state index in [9.17, 15) is 38.2 Å². The molecule has 2 aliphatic rings. The highest BCUT2D eigenvalue weighted by Gasteiger charge is 2.27. The van der Waals surface area contributed by atoms with Gasteiger partial charge < -0.3 is 10.2 Å². The summed E-state index contributed by atoms with van der Waals surface area (Å²) in [5.41, 5.74) is 0.864. The van der Waals surface area contributed by atoms with Gasteiger partial charge >= 0.3 is 11.4 Å². The minimum atomic E-state index is -0.495. The number of imidazole rings is 4. The molecule has 2 saturated carbocycles. The lowest BCUT2D eigenvalue weighted by molar-refractivity contribution is 0.110. The highest BCUT2D eigenvalue weighted by Crippen LogP contribution is 2.30. The molecule has 0 saturated heterocycles. The predicted octanol–water partition coefficient (Wildman–Crippen LogP) is 2.73. The van der Waals surface area contributed by atoms with Crippen LogP contribution in [0.3, 0.4) is 0 Å². The van der Waals surface area contributed by atoms with Crippen LogP contribution in [0, 0.1) is 11.6 Å². The number of aliphatic hydroxyl groups excluding tert-OH is 2. The number of H-pyrrole nitrogens is 4. The van der Waals surface area contributed by atoms with Crippen LogP contribution in [0.1, 0.15) is 63.5 Å². The van der Waals surface area contributed by atoms with E-state index in [1.165, 1.54) is 67.3 Å². The smallest absolute Gasteiger partial charge is 0.328 e. The minimum absolute atomic E-state index is 0.0930. The van der Waals surface area contributed by atoms with Crippen molar-refractivity contribution in [2.45, 2.75) is 75.7 Å². The van der Waals surface area contributed by atoms with Crippen LogP contribution in [0.4, 0.5) is 8.78 Å². The SMILES string of the molecule is O=c1[nH]c(-n2cnc3ccc(F)cc32)nc2c1[nH]c(=O)n2C1CCC(O)CC1.O=c1[nH]c(-n2cnc3ccc(F)cc32)nc2c1[nH]c(=O)n2C1CCC(O)CC1. The van der Waals surface area contributed by atoms with Crippen LogP contribution in [0.2, 0.25) is 0 Å². The first-order valence-electron chi connectivity index (χ1n) is 18.1. The van der Waals surface area contributed by atoms with E-state index in [4.69, 9.17) is 0 Å². The highest BCUT2D eigenvalue weighted by molar-refractivity contribution is 5.78. The average molecular weight is 769 g/mol. The van der Waals surface area contributed by atoms with E-state index in [0.29, 0.717) is 73.4 Å². The van der Waals surface area contributed by atoms with Gasteiger partial charge in [0.05, 0.1) is 34.3 Å². The van der Waals surface area contributed by atoms with Gasteiger partial charge in [0.1, 0.15) is 24.3 Å². The largest absolute Gasteiger partial charge is 0.393 e. The Morgan fingerprint density at radius 3 is 1.36 bits per heavy atom. The number of benzene rings is 2. The maximum atomic E-state index is 13.7. The molecule has 6 N–H and O–H groups in total. The van der Waals surface area contributed by atoms with Gasteiger partial charge in [-0.25, -0.2) is 28.3 Å². The van der Waals surface area contributed by atoms with Gasteiger partial charge in [0.15, 0.2) is 22.3 Å². The number of aromatic amines is 4. The Hall–Kier alpha value is -6.54. The number of aliphatic hydroxyl groups is 2. The number of hydrogen-bond donors (Lipinski definition) is 6. The van der Waals surface area contributed by atoms with E-state index in [2.05, 4.69) is 39.9 Å². The lowest BCUT2D eigenvalue weighted by Crippen LogP contribution is -2.28. The molecule has 6 heterocycles. The monoisotopic (exact) mass is 768 g/mol. The Morgan fingerprint density at radius 1 is 0.571 bits per heavy atom. The third-order valence-electron chi connectivity index (χ3n) is 10.7. The summed E-state index contributed by atoms with van der Waals surface area (Å²) in [7, 11) is 0. The van der Waals surface area contributed by atoms with Crippen LogP contribution in [-0.4, -0.2) is 80.6 Å². The van der Waals surface area contributed by atoms with E-state index in [0.717, 1.165) is 0 Å². The summed E-state index contributed by atoms with van der Waals surface area (Å²) in [6, 6.07) is 8.00. The molecular formula is C36H34F2N12O6. The van der Waals surface area contributed by atoms with E-state index < -0.39 is 34.1 Å². The molecule has 18 nitrogen and oxygen atoms in total. The van der Waals surface area contributed by atoms with Crippen molar-refractivity contribution in [2.24, 2.45) is 0 Å². The Bertz CT molecular complexity index is 2820. The highest BCUT2D eigenvalue weighted by atomic mass is 19.1. The summed E-state index contributed by atoms with van der Waals surface area (Å²) in [5, 5.41) is 19.5. The average Bonchev–Trinajstić information content (AvgIpc) is 3.95. The number of nitrogens with one attached hydrogen (secondary N) is 4. The predicted molar refractivity (Wildman–Crippen MR) is 198 cm³/mol. The molecule has 0 aliphatic heterocycles. The number of aromatic nitrogens is 12. The summed E-state index contributed by atoms with van der Waals surface area (Å²) in [6.45, 7) is 0. The van der Waals surface area contributed by atoms with Crippen LogP contribution in [-0.2, 0) is 0 Å². The molecule has 6 aromatic heterocycles. The molecule has 8 aromatic rings. The van der Waals surface area contributed by atoms with Crippen molar-refractivity contribution in [1.29, 1.82) is 0 Å². The summed E-state index contributed by atoms with van der Waals surface area (Å²) in [6.07, 6.45) is 7.00. The number of hydrogen-bond acceptors (Lipinski definition) is 10. The van der Waals surface area contributed by atoms with Crippen molar-refractivity contribution in [2.75, 3.05) is 0 Å². The Labute approximate surface area is 311 Å². The van der Waals surface area contributed by atoms with Crippen molar-refractivity contribution in [3.63, 3.8) is 0 Å². The second-order valence-electron chi connectivity index (χ2n) is 14.2. The molecule has 20 heteroatoms. The molecule has 2 aromatic carbocycles. The second-order valence-corrected chi connectivity index (χ2v) is 14.2. The fraction of sp³-hybridized carbons (Fsp3) is 0.333. The first kappa shape index (κ1) is 35.2. The zero-order chi connectivity index (χ0) is 38.8. The third kappa shape index (κ3) is 6.11. The molecule has 0 bridgehead atoms. The van der Waals surface area contributed by atoms with Crippen LogP contribution in [0.5, 0.6) is 0 Å². The summed E-state index contributed by atoms with van der Waals surface area (Å²) in [4.78, 5) is 77.9. The van der Waals surface area contributed by atoms with Gasteiger partial charge in [0, 0.05) is 24.2 Å². The molecule has 0 atom stereocenters. The van der Waals surface area contributed by atoms with E-state index in [-0.39, 0.29) is 58.5 Å². The summed E-state index contributed by atoms with van der Waals surface area (Å²) < 4.78 is 33.3. The first-order valence-corrected chi connectivity index (χ1v) is 18.1. The maximum Gasteiger partial charge on any atom is 0.328 e. The Balaban J connectivity index is 0.000000146. The molecule has 2 aliphatic carbocycles. The van der Waals surface area contributed by atoms with Crippen molar-refractivity contribution < 1.29 is 19.0 Å². The Morgan fingerprint density at radius 2 is 0.964 bits per heavy atom. The molecule has 288 valence electrons. The topological polar surface area (TPSA) is 243 Å². The lowest BCUT2D eigenvalue weighted by atomic mass is 9.93. The van der Waals surface area contributed by atoms with Gasteiger partial charge in [-0.3, -0.25) is 47.8 Å². The zero-order valence-electron chi connectivity index (χ0n) is 29.4. The van der Waals surface area contributed by atoms with Crippen molar-refractivity contribution in [3.8, 4) is 11.9 Å². The number of fused-ring (bicyclic) bond motifs is 4. The van der Waals surface area contributed by atoms with Gasteiger partial charge in [0.2, 0.25) is 11.9 Å². The maximum absolute atomic E-state index is 13.7. The number of nitrogens with zero attached hydrogens (tertiary/aromatic N) is 8. The van der Waals surface area contributed by atoms with E-state index in [1.54, 1.807) is 0 Å². The van der Waals surface area contributed by atoms with Gasteiger partial charge in [-0.05, 0) is 75.6 Å². The van der Waals surface area contributed by atoms with Crippen LogP contribution < -0.4 is 22.5 Å². The molecule has 10 rings (SSSR count). The first-order chi connectivity index (χ1) is 27.0. The standard InChI is InChI=1S/2C18H17FN6O3/c2*19-9-1-6-12-13(7-9)24(8-20-12)17-22-15-14(16(27)23-17)21-18(28)25(15)10-2-4-11(26)5-3-10/h2*1,6-8,10-11,26H,2-5H2,(H,21,28)(H,22,23,27). The van der Waals surface area contributed by atoms with Gasteiger partial charge in [-0.2, -0.15) is 9.97 Å². The van der Waals surface area contributed by atoms with Crippen LogP contribution >= 0.6 is 0 Å².